The van der Waals surface area contributed by atoms with Gasteiger partial charge in [0.05, 0.1) is 20.3 Å². The summed E-state index contributed by atoms with van der Waals surface area (Å²) in [6.07, 6.45) is 3.14. The Morgan fingerprint density at radius 1 is 1.08 bits per heavy atom. The molecule has 0 amide bonds. The highest BCUT2D eigenvalue weighted by molar-refractivity contribution is 5.32. The van der Waals surface area contributed by atoms with Gasteiger partial charge in [-0.25, -0.2) is 8.78 Å². The lowest BCUT2D eigenvalue weighted by Crippen LogP contribution is -2.28. The molecule has 2 aliphatic rings. The standard InChI is InChI=1S/C21H26F2O3/c1-3-14-4-6-15(7-5-14)16-9-11-19(25-12-16)26-13-17-8-10-18(24-2)21(23)20(17)22/h4-7,16,19H,3,8-13H2,1-2H3. The van der Waals surface area contributed by atoms with E-state index in [1.54, 1.807) is 0 Å². The van der Waals surface area contributed by atoms with E-state index in [2.05, 4.69) is 31.2 Å². The van der Waals surface area contributed by atoms with Crippen LogP contribution in [0.5, 0.6) is 0 Å². The van der Waals surface area contributed by atoms with Gasteiger partial charge < -0.3 is 14.2 Å². The van der Waals surface area contributed by atoms with E-state index in [4.69, 9.17) is 14.2 Å². The lowest BCUT2D eigenvalue weighted by molar-refractivity contribution is -0.162. The highest BCUT2D eigenvalue weighted by atomic mass is 19.2. The molecule has 142 valence electrons. The molecule has 0 aromatic heterocycles. The van der Waals surface area contributed by atoms with Gasteiger partial charge in [0.25, 0.3) is 0 Å². The Bertz CT molecular complexity index is 671. The van der Waals surface area contributed by atoms with Crippen molar-refractivity contribution < 1.29 is 23.0 Å². The van der Waals surface area contributed by atoms with Gasteiger partial charge in [-0.1, -0.05) is 31.2 Å². The van der Waals surface area contributed by atoms with Crippen molar-refractivity contribution in [3.63, 3.8) is 0 Å². The average Bonchev–Trinajstić information content (AvgIpc) is 2.70. The predicted molar refractivity (Wildman–Crippen MR) is 96.0 cm³/mol. The fourth-order valence-electron chi connectivity index (χ4n) is 3.43. The monoisotopic (exact) mass is 364 g/mol. The van der Waals surface area contributed by atoms with Crippen molar-refractivity contribution in [3.05, 3.63) is 58.4 Å². The molecule has 1 saturated heterocycles. The van der Waals surface area contributed by atoms with Gasteiger partial charge >= 0.3 is 0 Å². The lowest BCUT2D eigenvalue weighted by atomic mass is 9.92. The average molecular weight is 364 g/mol. The number of rotatable bonds is 6. The van der Waals surface area contributed by atoms with Crippen LogP contribution >= 0.6 is 0 Å². The third-order valence-corrected chi connectivity index (χ3v) is 5.19. The summed E-state index contributed by atoms with van der Waals surface area (Å²) in [6, 6.07) is 8.65. The molecule has 2 atom stereocenters. The molecule has 3 nitrogen and oxygen atoms in total. The minimum absolute atomic E-state index is 0.0524. The molecular weight excluding hydrogens is 338 g/mol. The van der Waals surface area contributed by atoms with E-state index >= 15 is 0 Å². The molecule has 0 spiro atoms. The first-order chi connectivity index (χ1) is 12.6. The van der Waals surface area contributed by atoms with E-state index in [0.29, 0.717) is 30.9 Å². The molecule has 1 fully saturated rings. The van der Waals surface area contributed by atoms with Crippen LogP contribution in [0.2, 0.25) is 0 Å². The zero-order valence-electron chi connectivity index (χ0n) is 15.4. The van der Waals surface area contributed by atoms with Gasteiger partial charge in [-0.3, -0.25) is 0 Å². The summed E-state index contributed by atoms with van der Waals surface area (Å²) in [5.74, 6) is -1.33. The van der Waals surface area contributed by atoms with Crippen LogP contribution in [0.25, 0.3) is 0 Å². The summed E-state index contributed by atoms with van der Waals surface area (Å²) in [5, 5.41) is 0. The van der Waals surface area contributed by atoms with Crippen LogP contribution in [0.3, 0.4) is 0 Å². The highest BCUT2D eigenvalue weighted by Crippen LogP contribution is 2.34. The van der Waals surface area contributed by atoms with Gasteiger partial charge in [0, 0.05) is 12.3 Å². The van der Waals surface area contributed by atoms with E-state index in [1.807, 2.05) is 0 Å². The number of ether oxygens (including phenoxy) is 3. The molecule has 3 rings (SSSR count). The SMILES string of the molecule is CCc1ccc(C2CCC(OCC3=C(F)C(F)=C(OC)CC3)OC2)cc1. The molecule has 1 aromatic carbocycles. The molecule has 2 unspecified atom stereocenters. The molecule has 0 radical (unpaired) electrons. The predicted octanol–water partition coefficient (Wildman–Crippen LogP) is 5.33. The summed E-state index contributed by atoms with van der Waals surface area (Å²) >= 11 is 0. The maximum atomic E-state index is 14.0. The second-order valence-corrected chi connectivity index (χ2v) is 6.80. The first kappa shape index (κ1) is 19.1. The normalized spacial score (nSPS) is 24.2. The second-order valence-electron chi connectivity index (χ2n) is 6.80. The van der Waals surface area contributed by atoms with Crippen LogP contribution in [0, 0.1) is 0 Å². The number of hydrogen-bond acceptors (Lipinski definition) is 3. The molecule has 0 bridgehead atoms. The van der Waals surface area contributed by atoms with E-state index in [9.17, 15) is 8.78 Å². The minimum atomic E-state index is -0.905. The van der Waals surface area contributed by atoms with E-state index in [0.717, 1.165) is 19.3 Å². The minimum Gasteiger partial charge on any atom is -0.498 e. The molecule has 1 aliphatic heterocycles. The van der Waals surface area contributed by atoms with Crippen LogP contribution in [0.1, 0.15) is 49.7 Å². The maximum absolute atomic E-state index is 14.0. The fraction of sp³-hybridized carbons (Fsp3) is 0.524. The van der Waals surface area contributed by atoms with E-state index in [-0.39, 0.29) is 18.7 Å². The summed E-state index contributed by atoms with van der Waals surface area (Å²) < 4.78 is 44.1. The number of halogens is 2. The van der Waals surface area contributed by atoms with E-state index < -0.39 is 11.7 Å². The first-order valence-corrected chi connectivity index (χ1v) is 9.25. The Hall–Kier alpha value is -1.72. The zero-order valence-corrected chi connectivity index (χ0v) is 15.4. The quantitative estimate of drug-likeness (QED) is 0.683. The Kier molecular flexibility index (Phi) is 6.43. The Balaban J connectivity index is 1.50. The maximum Gasteiger partial charge on any atom is 0.196 e. The molecule has 0 saturated carbocycles. The summed E-state index contributed by atoms with van der Waals surface area (Å²) in [4.78, 5) is 0. The molecule has 5 heteroatoms. The van der Waals surface area contributed by atoms with Gasteiger partial charge in [-0.05, 0) is 42.4 Å². The van der Waals surface area contributed by atoms with Crippen molar-refractivity contribution in [2.45, 2.75) is 51.2 Å². The molecule has 1 heterocycles. The van der Waals surface area contributed by atoms with Crippen LogP contribution in [-0.4, -0.2) is 26.6 Å². The molecule has 26 heavy (non-hydrogen) atoms. The second kappa shape index (κ2) is 8.78. The van der Waals surface area contributed by atoms with Crippen LogP contribution in [0.4, 0.5) is 8.78 Å². The van der Waals surface area contributed by atoms with Gasteiger partial charge in [-0.2, -0.15) is 0 Å². The van der Waals surface area contributed by atoms with Gasteiger partial charge in [0.1, 0.15) is 5.76 Å². The van der Waals surface area contributed by atoms with Crippen LogP contribution in [-0.2, 0) is 20.6 Å². The largest absolute Gasteiger partial charge is 0.498 e. The molecular formula is C21H26F2O3. The van der Waals surface area contributed by atoms with Crippen LogP contribution in [0.15, 0.2) is 47.3 Å². The number of allylic oxidation sites excluding steroid dienone is 3. The first-order valence-electron chi connectivity index (χ1n) is 9.25. The summed E-state index contributed by atoms with van der Waals surface area (Å²) in [5.41, 5.74) is 2.94. The van der Waals surface area contributed by atoms with Crippen molar-refractivity contribution in [1.82, 2.24) is 0 Å². The Morgan fingerprint density at radius 3 is 2.46 bits per heavy atom. The number of hydrogen-bond donors (Lipinski definition) is 0. The van der Waals surface area contributed by atoms with Gasteiger partial charge in [-0.15, -0.1) is 0 Å². The lowest BCUT2D eigenvalue weighted by Gasteiger charge is -2.30. The third kappa shape index (κ3) is 4.33. The van der Waals surface area contributed by atoms with Crippen molar-refractivity contribution in [3.8, 4) is 0 Å². The molecule has 1 aromatic rings. The topological polar surface area (TPSA) is 27.7 Å². The Morgan fingerprint density at radius 2 is 1.85 bits per heavy atom. The molecule has 1 aliphatic carbocycles. The number of aryl methyl sites for hydroxylation is 1. The van der Waals surface area contributed by atoms with Crippen molar-refractivity contribution in [2.24, 2.45) is 0 Å². The fourth-order valence-corrected chi connectivity index (χ4v) is 3.43. The van der Waals surface area contributed by atoms with Crippen molar-refractivity contribution in [2.75, 3.05) is 20.3 Å². The van der Waals surface area contributed by atoms with Gasteiger partial charge in [0.2, 0.25) is 0 Å². The summed E-state index contributed by atoms with van der Waals surface area (Å²) in [7, 11) is 1.35. The number of methoxy groups -OCH3 is 1. The van der Waals surface area contributed by atoms with Crippen molar-refractivity contribution in [1.29, 1.82) is 0 Å². The van der Waals surface area contributed by atoms with E-state index in [1.165, 1.54) is 18.2 Å². The van der Waals surface area contributed by atoms with Crippen LogP contribution < -0.4 is 0 Å². The third-order valence-electron chi connectivity index (χ3n) is 5.19. The summed E-state index contributed by atoms with van der Waals surface area (Å²) in [6.45, 7) is 2.78. The van der Waals surface area contributed by atoms with Crippen molar-refractivity contribution >= 4 is 0 Å². The number of benzene rings is 1. The highest BCUT2D eigenvalue weighted by Gasteiger charge is 2.26. The Labute approximate surface area is 153 Å². The molecule has 0 N–H and O–H groups in total. The smallest absolute Gasteiger partial charge is 0.196 e. The zero-order chi connectivity index (χ0) is 18.5. The van der Waals surface area contributed by atoms with Gasteiger partial charge in [0.15, 0.2) is 17.9 Å².